The lowest BCUT2D eigenvalue weighted by Gasteiger charge is -2.28. The van der Waals surface area contributed by atoms with Crippen LogP contribution in [0, 0.1) is 23.5 Å². The fourth-order valence-corrected chi connectivity index (χ4v) is 5.86. The minimum atomic E-state index is -0.724. The van der Waals surface area contributed by atoms with Gasteiger partial charge >= 0.3 is 0 Å². The molecule has 1 aliphatic rings. The van der Waals surface area contributed by atoms with Crippen LogP contribution >= 0.6 is 0 Å². The maximum Gasteiger partial charge on any atom is 0.253 e. The lowest BCUT2D eigenvalue weighted by Crippen LogP contribution is -2.50. The minimum absolute atomic E-state index is 0.0669. The van der Waals surface area contributed by atoms with Crippen molar-refractivity contribution in [3.63, 3.8) is 0 Å². The standard InChI is InChI=1S/C34H48F2N4O3/c1-4-14-40(15-5-2)34(43)27-13-9-12-26(20-27)33(42)39-31(19-25-17-28(35)21-29(36)18-25)30(37)16-23(3)32(41)38-22-24-10-7-6-8-11-24/h9,12-13,17-18,20-21,23-24,30-31H,4-8,10-11,14-16,19,22,37H2,1-3H3,(H,38,41)(H,39,42)/t23-,30+,31+/m1/s1. The summed E-state index contributed by atoms with van der Waals surface area (Å²) in [6.07, 6.45) is 7.84. The van der Waals surface area contributed by atoms with Gasteiger partial charge in [0.1, 0.15) is 11.6 Å². The van der Waals surface area contributed by atoms with Crippen molar-refractivity contribution in [2.24, 2.45) is 17.6 Å². The number of amides is 3. The van der Waals surface area contributed by atoms with Crippen LogP contribution in [0.1, 0.15) is 98.4 Å². The summed E-state index contributed by atoms with van der Waals surface area (Å²) < 4.78 is 28.0. The van der Waals surface area contributed by atoms with E-state index in [-0.39, 0.29) is 30.2 Å². The number of nitrogens with two attached hydrogens (primary N) is 1. The van der Waals surface area contributed by atoms with E-state index in [1.54, 1.807) is 36.1 Å². The zero-order valence-electron chi connectivity index (χ0n) is 25.8. The molecule has 7 nitrogen and oxygen atoms in total. The average molecular weight is 599 g/mol. The molecule has 9 heteroatoms. The first-order valence-corrected chi connectivity index (χ1v) is 15.8. The maximum absolute atomic E-state index is 14.0. The van der Waals surface area contributed by atoms with Gasteiger partial charge in [0, 0.05) is 54.8 Å². The number of carbonyl (C=O) groups is 3. The lowest BCUT2D eigenvalue weighted by molar-refractivity contribution is -0.125. The Morgan fingerprint density at radius 2 is 1.58 bits per heavy atom. The van der Waals surface area contributed by atoms with E-state index in [0.29, 0.717) is 36.7 Å². The molecule has 0 saturated heterocycles. The second-order valence-corrected chi connectivity index (χ2v) is 12.0. The highest BCUT2D eigenvalue weighted by Crippen LogP contribution is 2.23. The molecule has 43 heavy (non-hydrogen) atoms. The number of rotatable bonds is 15. The van der Waals surface area contributed by atoms with Crippen molar-refractivity contribution in [2.45, 2.75) is 90.6 Å². The summed E-state index contributed by atoms with van der Waals surface area (Å²) >= 11 is 0. The minimum Gasteiger partial charge on any atom is -0.356 e. The van der Waals surface area contributed by atoms with E-state index in [0.717, 1.165) is 31.7 Å². The van der Waals surface area contributed by atoms with E-state index in [4.69, 9.17) is 5.73 Å². The van der Waals surface area contributed by atoms with E-state index in [2.05, 4.69) is 10.6 Å². The number of hydrogen-bond acceptors (Lipinski definition) is 4. The van der Waals surface area contributed by atoms with E-state index in [1.165, 1.54) is 31.4 Å². The van der Waals surface area contributed by atoms with Gasteiger partial charge in [-0.1, -0.05) is 46.1 Å². The van der Waals surface area contributed by atoms with Crippen molar-refractivity contribution in [2.75, 3.05) is 19.6 Å². The first-order valence-electron chi connectivity index (χ1n) is 15.8. The van der Waals surface area contributed by atoms with E-state index >= 15 is 0 Å². The molecular formula is C34H48F2N4O3. The highest BCUT2D eigenvalue weighted by molar-refractivity contribution is 5.99. The third-order valence-electron chi connectivity index (χ3n) is 8.22. The zero-order chi connectivity index (χ0) is 31.4. The first-order chi connectivity index (χ1) is 20.6. The average Bonchev–Trinajstić information content (AvgIpc) is 2.99. The molecule has 3 rings (SSSR count). The van der Waals surface area contributed by atoms with Gasteiger partial charge < -0.3 is 21.3 Å². The van der Waals surface area contributed by atoms with E-state index < -0.39 is 35.5 Å². The lowest BCUT2D eigenvalue weighted by atomic mass is 9.89. The number of carbonyl (C=O) groups excluding carboxylic acids is 3. The molecule has 0 heterocycles. The molecule has 0 radical (unpaired) electrons. The van der Waals surface area contributed by atoms with Gasteiger partial charge in [-0.25, -0.2) is 8.78 Å². The monoisotopic (exact) mass is 598 g/mol. The predicted octanol–water partition coefficient (Wildman–Crippen LogP) is 5.62. The van der Waals surface area contributed by atoms with Gasteiger partial charge in [0.25, 0.3) is 11.8 Å². The Kier molecular flexibility index (Phi) is 13.6. The number of halogens is 2. The quantitative estimate of drug-likeness (QED) is 0.248. The first kappa shape index (κ1) is 34.2. The molecule has 1 saturated carbocycles. The van der Waals surface area contributed by atoms with Crippen LogP contribution in [-0.2, 0) is 11.2 Å². The predicted molar refractivity (Wildman–Crippen MR) is 166 cm³/mol. The highest BCUT2D eigenvalue weighted by atomic mass is 19.1. The topological polar surface area (TPSA) is 105 Å². The summed E-state index contributed by atoms with van der Waals surface area (Å²) in [6, 6.07) is 8.33. The van der Waals surface area contributed by atoms with Crippen LogP contribution in [0.25, 0.3) is 0 Å². The van der Waals surface area contributed by atoms with Crippen LogP contribution in [0.3, 0.4) is 0 Å². The Balaban J connectivity index is 1.74. The highest BCUT2D eigenvalue weighted by Gasteiger charge is 2.27. The third kappa shape index (κ3) is 10.7. The summed E-state index contributed by atoms with van der Waals surface area (Å²) in [5.41, 5.74) is 7.61. The van der Waals surface area contributed by atoms with Crippen molar-refractivity contribution in [1.29, 1.82) is 0 Å². The second kappa shape index (κ2) is 17.1. The van der Waals surface area contributed by atoms with Gasteiger partial charge in [-0.05, 0) is 80.3 Å². The summed E-state index contributed by atoms with van der Waals surface area (Å²) in [5.74, 6) is -2.08. The number of nitrogens with zero attached hydrogens (tertiary/aromatic N) is 1. The molecule has 1 fully saturated rings. The molecule has 3 atom stereocenters. The maximum atomic E-state index is 14.0. The van der Waals surface area contributed by atoms with Crippen molar-refractivity contribution in [1.82, 2.24) is 15.5 Å². The molecule has 3 amide bonds. The van der Waals surface area contributed by atoms with Crippen LogP contribution in [0.5, 0.6) is 0 Å². The fraction of sp³-hybridized carbons (Fsp3) is 0.559. The van der Waals surface area contributed by atoms with Crippen molar-refractivity contribution in [3.05, 3.63) is 70.8 Å². The SMILES string of the molecule is CCCN(CCC)C(=O)c1cccc(C(=O)N[C@@H](Cc2cc(F)cc(F)c2)[C@@H](N)C[C@@H](C)C(=O)NCC2CCCCC2)c1. The van der Waals surface area contributed by atoms with E-state index in [9.17, 15) is 23.2 Å². The van der Waals surface area contributed by atoms with Crippen molar-refractivity contribution in [3.8, 4) is 0 Å². The smallest absolute Gasteiger partial charge is 0.253 e. The number of hydrogen-bond donors (Lipinski definition) is 3. The third-order valence-corrected chi connectivity index (χ3v) is 8.22. The van der Waals surface area contributed by atoms with Crippen molar-refractivity contribution >= 4 is 17.7 Å². The Morgan fingerprint density at radius 1 is 0.953 bits per heavy atom. The summed E-state index contributed by atoms with van der Waals surface area (Å²) in [5, 5.41) is 5.98. The molecule has 4 N–H and O–H groups in total. The van der Waals surface area contributed by atoms with Gasteiger partial charge in [-0.15, -0.1) is 0 Å². The van der Waals surface area contributed by atoms with E-state index in [1.807, 2.05) is 13.8 Å². The normalized spacial score (nSPS) is 15.8. The molecule has 0 spiro atoms. The van der Waals surface area contributed by atoms with Crippen molar-refractivity contribution < 1.29 is 23.2 Å². The van der Waals surface area contributed by atoms with Gasteiger partial charge in [0.05, 0.1) is 0 Å². The Hall–Kier alpha value is -3.33. The number of benzene rings is 2. The molecule has 0 aliphatic heterocycles. The molecule has 2 aromatic carbocycles. The molecule has 2 aromatic rings. The molecule has 0 bridgehead atoms. The van der Waals surface area contributed by atoms with Gasteiger partial charge in [-0.3, -0.25) is 14.4 Å². The van der Waals surface area contributed by atoms with Crippen LogP contribution in [0.2, 0.25) is 0 Å². The molecule has 236 valence electrons. The molecule has 1 aliphatic carbocycles. The van der Waals surface area contributed by atoms with Crippen LogP contribution in [0.15, 0.2) is 42.5 Å². The summed E-state index contributed by atoms with van der Waals surface area (Å²) in [4.78, 5) is 41.3. The fourth-order valence-electron chi connectivity index (χ4n) is 5.86. The van der Waals surface area contributed by atoms with Crippen LogP contribution < -0.4 is 16.4 Å². The largest absolute Gasteiger partial charge is 0.356 e. The van der Waals surface area contributed by atoms with Gasteiger partial charge in [0.15, 0.2) is 0 Å². The Bertz CT molecular complexity index is 1190. The van der Waals surface area contributed by atoms with Gasteiger partial charge in [-0.2, -0.15) is 0 Å². The second-order valence-electron chi connectivity index (χ2n) is 12.0. The summed E-state index contributed by atoms with van der Waals surface area (Å²) in [6.45, 7) is 7.70. The van der Waals surface area contributed by atoms with Crippen LogP contribution in [0.4, 0.5) is 8.78 Å². The summed E-state index contributed by atoms with van der Waals surface area (Å²) in [7, 11) is 0. The zero-order valence-corrected chi connectivity index (χ0v) is 25.8. The Labute approximate surface area is 255 Å². The molecular weight excluding hydrogens is 550 g/mol. The number of nitrogens with one attached hydrogen (secondary N) is 2. The molecule has 0 aromatic heterocycles. The Morgan fingerprint density at radius 3 is 2.21 bits per heavy atom. The van der Waals surface area contributed by atoms with Gasteiger partial charge in [0.2, 0.25) is 5.91 Å². The molecule has 0 unspecified atom stereocenters. The van der Waals surface area contributed by atoms with Crippen LogP contribution in [-0.4, -0.2) is 54.3 Å².